The fourth-order valence-electron chi connectivity index (χ4n) is 2.76. The summed E-state index contributed by atoms with van der Waals surface area (Å²) in [5, 5.41) is 5.23. The number of methoxy groups -OCH3 is 1. The van der Waals surface area contributed by atoms with E-state index in [1.807, 2.05) is 6.07 Å². The van der Waals surface area contributed by atoms with Crippen molar-refractivity contribution in [2.75, 3.05) is 23.9 Å². The van der Waals surface area contributed by atoms with E-state index in [2.05, 4.69) is 10.6 Å². The van der Waals surface area contributed by atoms with Crippen LogP contribution in [0.15, 0.2) is 42.5 Å². The molecule has 1 aliphatic heterocycles. The standard InChI is InChI=1S/C18H17ClFN3O3/c1-26-14-4-2-3-13(9-14)23-10-12(8-17(23)24)22-18(25)21-11-5-6-16(20)15(19)7-11/h2-7,9,12H,8,10H2,1H3,(H2,21,22,25). The lowest BCUT2D eigenvalue weighted by Crippen LogP contribution is -2.39. The number of nitrogens with one attached hydrogen (secondary N) is 2. The second-order valence-electron chi connectivity index (χ2n) is 5.83. The van der Waals surface area contributed by atoms with E-state index >= 15 is 0 Å². The number of rotatable bonds is 4. The Kier molecular flexibility index (Phi) is 5.27. The fraction of sp³-hybridized carbons (Fsp3) is 0.222. The highest BCUT2D eigenvalue weighted by atomic mass is 35.5. The summed E-state index contributed by atoms with van der Waals surface area (Å²) in [4.78, 5) is 26.0. The summed E-state index contributed by atoms with van der Waals surface area (Å²) in [6.07, 6.45) is 0.189. The van der Waals surface area contributed by atoms with Crippen molar-refractivity contribution >= 4 is 34.9 Å². The summed E-state index contributed by atoms with van der Waals surface area (Å²) in [7, 11) is 1.56. The van der Waals surface area contributed by atoms with Gasteiger partial charge < -0.3 is 20.3 Å². The van der Waals surface area contributed by atoms with Gasteiger partial charge in [-0.15, -0.1) is 0 Å². The molecule has 6 nitrogen and oxygen atoms in total. The molecule has 1 heterocycles. The number of hydrogen-bond donors (Lipinski definition) is 2. The van der Waals surface area contributed by atoms with Gasteiger partial charge in [-0.2, -0.15) is 0 Å². The predicted octanol–water partition coefficient (Wildman–Crippen LogP) is 3.41. The van der Waals surface area contributed by atoms with Crippen LogP contribution in [0.4, 0.5) is 20.6 Å². The van der Waals surface area contributed by atoms with Crippen LogP contribution in [0.5, 0.6) is 5.75 Å². The molecule has 8 heteroatoms. The SMILES string of the molecule is COc1cccc(N2CC(NC(=O)Nc3ccc(F)c(Cl)c3)CC2=O)c1. The topological polar surface area (TPSA) is 70.7 Å². The molecule has 1 aliphatic rings. The van der Waals surface area contributed by atoms with Crippen LogP contribution in [0.25, 0.3) is 0 Å². The van der Waals surface area contributed by atoms with E-state index in [9.17, 15) is 14.0 Å². The number of nitrogens with zero attached hydrogens (tertiary/aromatic N) is 1. The lowest BCUT2D eigenvalue weighted by molar-refractivity contribution is -0.117. The zero-order chi connectivity index (χ0) is 18.7. The molecule has 0 aliphatic carbocycles. The van der Waals surface area contributed by atoms with E-state index in [-0.39, 0.29) is 23.4 Å². The Morgan fingerprint density at radius 1 is 1.31 bits per heavy atom. The van der Waals surface area contributed by atoms with E-state index in [4.69, 9.17) is 16.3 Å². The van der Waals surface area contributed by atoms with Crippen molar-refractivity contribution in [3.05, 3.63) is 53.3 Å². The van der Waals surface area contributed by atoms with Crippen molar-refractivity contribution in [2.45, 2.75) is 12.5 Å². The lowest BCUT2D eigenvalue weighted by Gasteiger charge is -2.18. The predicted molar refractivity (Wildman–Crippen MR) is 97.3 cm³/mol. The number of benzene rings is 2. The van der Waals surface area contributed by atoms with Crippen molar-refractivity contribution in [3.8, 4) is 5.75 Å². The maximum Gasteiger partial charge on any atom is 0.319 e. The number of halogens is 2. The molecule has 26 heavy (non-hydrogen) atoms. The quantitative estimate of drug-likeness (QED) is 0.857. The number of anilines is 2. The number of ether oxygens (including phenoxy) is 1. The molecule has 3 amide bonds. The number of amides is 3. The third-order valence-electron chi connectivity index (χ3n) is 4.00. The number of urea groups is 1. The Labute approximate surface area is 154 Å². The molecule has 0 aromatic heterocycles. The molecule has 3 rings (SSSR count). The Bertz CT molecular complexity index is 846. The largest absolute Gasteiger partial charge is 0.497 e. The highest BCUT2D eigenvalue weighted by molar-refractivity contribution is 6.31. The van der Waals surface area contributed by atoms with Gasteiger partial charge in [-0.25, -0.2) is 9.18 Å². The number of hydrogen-bond acceptors (Lipinski definition) is 3. The first-order valence-corrected chi connectivity index (χ1v) is 8.31. The normalized spacial score (nSPS) is 16.5. The maximum absolute atomic E-state index is 13.2. The van der Waals surface area contributed by atoms with Crippen LogP contribution in [0.2, 0.25) is 5.02 Å². The highest BCUT2D eigenvalue weighted by Gasteiger charge is 2.31. The van der Waals surface area contributed by atoms with Crippen LogP contribution in [-0.4, -0.2) is 31.6 Å². The first-order valence-electron chi connectivity index (χ1n) is 7.93. The molecule has 1 fully saturated rings. The lowest BCUT2D eigenvalue weighted by atomic mass is 10.2. The fourth-order valence-corrected chi connectivity index (χ4v) is 2.94. The van der Waals surface area contributed by atoms with Gasteiger partial charge in [0.15, 0.2) is 0 Å². The van der Waals surface area contributed by atoms with Crippen LogP contribution < -0.4 is 20.3 Å². The average Bonchev–Trinajstić information content (AvgIpc) is 2.98. The van der Waals surface area contributed by atoms with Crippen molar-refractivity contribution in [3.63, 3.8) is 0 Å². The maximum atomic E-state index is 13.2. The second kappa shape index (κ2) is 7.61. The molecule has 0 spiro atoms. The molecular formula is C18H17ClFN3O3. The molecular weight excluding hydrogens is 361 g/mol. The van der Waals surface area contributed by atoms with Crippen LogP contribution >= 0.6 is 11.6 Å². The molecule has 136 valence electrons. The van der Waals surface area contributed by atoms with Crippen LogP contribution in [0.1, 0.15) is 6.42 Å². The van der Waals surface area contributed by atoms with Gasteiger partial charge in [-0.1, -0.05) is 17.7 Å². The molecule has 1 atom stereocenters. The first-order chi connectivity index (χ1) is 12.5. The van der Waals surface area contributed by atoms with Crippen LogP contribution in [-0.2, 0) is 4.79 Å². The van der Waals surface area contributed by atoms with Gasteiger partial charge in [0.2, 0.25) is 5.91 Å². The Morgan fingerprint density at radius 3 is 2.85 bits per heavy atom. The third-order valence-corrected chi connectivity index (χ3v) is 4.29. The summed E-state index contributed by atoms with van der Waals surface area (Å²) in [5.74, 6) is -0.000957. The van der Waals surface area contributed by atoms with Gasteiger partial charge in [-0.3, -0.25) is 4.79 Å². The average molecular weight is 378 g/mol. The Hall–Kier alpha value is -2.80. The molecule has 2 N–H and O–H groups in total. The minimum Gasteiger partial charge on any atom is -0.497 e. The summed E-state index contributed by atoms with van der Waals surface area (Å²) in [6.45, 7) is 0.351. The molecule has 2 aromatic carbocycles. The van der Waals surface area contributed by atoms with Crippen molar-refractivity contribution in [1.29, 1.82) is 0 Å². The van der Waals surface area contributed by atoms with Gasteiger partial charge in [-0.05, 0) is 30.3 Å². The van der Waals surface area contributed by atoms with Crippen LogP contribution in [0, 0.1) is 5.82 Å². The Morgan fingerprint density at radius 2 is 2.12 bits per heavy atom. The minimum atomic E-state index is -0.562. The summed E-state index contributed by atoms with van der Waals surface area (Å²) in [5.41, 5.74) is 1.08. The van der Waals surface area contributed by atoms with E-state index < -0.39 is 11.8 Å². The minimum absolute atomic E-state index is 0.0805. The molecule has 2 aromatic rings. The molecule has 0 radical (unpaired) electrons. The van der Waals surface area contributed by atoms with Gasteiger partial charge in [0, 0.05) is 30.4 Å². The molecule has 0 bridgehead atoms. The van der Waals surface area contributed by atoms with Crippen LogP contribution in [0.3, 0.4) is 0 Å². The zero-order valence-electron chi connectivity index (χ0n) is 14.0. The summed E-state index contributed by atoms with van der Waals surface area (Å²) < 4.78 is 18.3. The van der Waals surface area contributed by atoms with E-state index in [0.29, 0.717) is 23.7 Å². The molecule has 1 unspecified atom stereocenters. The number of carbonyl (C=O) groups is 2. The van der Waals surface area contributed by atoms with Crippen molar-refractivity contribution in [1.82, 2.24) is 5.32 Å². The van der Waals surface area contributed by atoms with Gasteiger partial charge in [0.1, 0.15) is 11.6 Å². The zero-order valence-corrected chi connectivity index (χ0v) is 14.7. The first kappa shape index (κ1) is 18.0. The van der Waals surface area contributed by atoms with E-state index in [1.54, 1.807) is 30.2 Å². The highest BCUT2D eigenvalue weighted by Crippen LogP contribution is 2.25. The summed E-state index contributed by atoms with van der Waals surface area (Å²) >= 11 is 5.69. The van der Waals surface area contributed by atoms with E-state index in [1.165, 1.54) is 18.2 Å². The van der Waals surface area contributed by atoms with Gasteiger partial charge in [0.05, 0.1) is 18.2 Å². The number of carbonyl (C=O) groups excluding carboxylic acids is 2. The Balaban J connectivity index is 1.61. The van der Waals surface area contributed by atoms with Crippen molar-refractivity contribution in [2.24, 2.45) is 0 Å². The monoisotopic (exact) mass is 377 g/mol. The van der Waals surface area contributed by atoms with Crippen molar-refractivity contribution < 1.29 is 18.7 Å². The second-order valence-corrected chi connectivity index (χ2v) is 6.24. The molecule has 0 saturated carbocycles. The third kappa shape index (κ3) is 4.05. The van der Waals surface area contributed by atoms with E-state index in [0.717, 1.165) is 0 Å². The molecule has 1 saturated heterocycles. The summed E-state index contributed by atoms with van der Waals surface area (Å²) in [6, 6.07) is 10.2. The van der Waals surface area contributed by atoms with Gasteiger partial charge >= 0.3 is 6.03 Å². The van der Waals surface area contributed by atoms with Gasteiger partial charge in [0.25, 0.3) is 0 Å². The smallest absolute Gasteiger partial charge is 0.319 e.